The monoisotopic (exact) mass is 1770 g/mol. The first kappa shape index (κ1) is 81.7. The third-order valence-electron chi connectivity index (χ3n) is 30.3. The number of hydrogen-bond acceptors (Lipinski definition) is 0. The first-order chi connectivity index (χ1) is 69.2. The smallest absolute Gasteiger partial charge is 0.0541 e. The molecule has 0 spiro atoms. The van der Waals surface area contributed by atoms with Gasteiger partial charge in [-0.2, -0.15) is 0 Å². The summed E-state index contributed by atoms with van der Waals surface area (Å²) >= 11 is 0. The minimum Gasteiger partial charge on any atom is -0.309 e. The number of para-hydroxylation sites is 2. The van der Waals surface area contributed by atoms with E-state index in [0.717, 1.165) is 0 Å². The van der Waals surface area contributed by atoms with Gasteiger partial charge >= 0.3 is 0 Å². The molecule has 0 bridgehead atoms. The Morgan fingerprint density at radius 2 is 0.386 bits per heavy atom. The number of hydrogen-bond donors (Lipinski definition) is 0. The van der Waals surface area contributed by atoms with E-state index in [1.807, 2.05) is 0 Å². The fourth-order valence-corrected chi connectivity index (χ4v) is 23.8. The molecule has 0 radical (unpaired) electrons. The maximum absolute atomic E-state index is 2.40. The molecule has 25 aromatic rings. The van der Waals surface area contributed by atoms with Gasteiger partial charge < -0.3 is 4.57 Å². The number of aromatic nitrogens is 1. The van der Waals surface area contributed by atoms with Crippen molar-refractivity contribution in [1.82, 2.24) is 4.57 Å². The summed E-state index contributed by atoms with van der Waals surface area (Å²) in [5, 5.41) is 13.3. The first-order valence-corrected chi connectivity index (χ1v) is 48.8. The lowest BCUT2D eigenvalue weighted by Gasteiger charge is -2.22. The predicted octanol–water partition coefficient (Wildman–Crippen LogP) is 38.4. The number of nitrogens with zero attached hydrogens (tertiary/aromatic N) is 1. The fraction of sp³-hybridized carbons (Fsp3) is 0.0216. The highest BCUT2D eigenvalue weighted by atomic mass is 15.0. The third-order valence-corrected chi connectivity index (χ3v) is 30.3. The Labute approximate surface area is 815 Å². The number of rotatable bonds is 10. The van der Waals surface area contributed by atoms with Crippen molar-refractivity contribution in [2.45, 2.75) is 19.3 Å². The van der Waals surface area contributed by atoms with Crippen LogP contribution in [-0.4, -0.2) is 4.57 Å². The maximum Gasteiger partial charge on any atom is 0.0541 e. The average Bonchev–Trinajstić information content (AvgIpc) is 1.60. The van der Waals surface area contributed by atoms with Gasteiger partial charge in [-0.25, -0.2) is 0 Å². The van der Waals surface area contributed by atoms with Crippen molar-refractivity contribution in [1.29, 1.82) is 0 Å². The molecule has 0 fully saturated rings. The molecule has 0 N–H and O–H groups in total. The molecular weight excluding hydrogens is 1680 g/mol. The lowest BCUT2D eigenvalue weighted by Crippen LogP contribution is -2.14. The summed E-state index contributed by atoms with van der Waals surface area (Å²) in [6.45, 7) is 4.69. The van der Waals surface area contributed by atoms with Gasteiger partial charge in [-0.3, -0.25) is 0 Å². The zero-order chi connectivity index (χ0) is 92.6. The van der Waals surface area contributed by atoms with Gasteiger partial charge in [-0.15, -0.1) is 0 Å². The van der Waals surface area contributed by atoms with Crippen LogP contribution in [-0.2, 0) is 5.41 Å². The highest BCUT2D eigenvalue weighted by Crippen LogP contribution is 2.57. The molecule has 1 aromatic heterocycles. The largest absolute Gasteiger partial charge is 0.309 e. The van der Waals surface area contributed by atoms with Gasteiger partial charge in [0, 0.05) is 21.9 Å². The predicted molar refractivity (Wildman–Crippen MR) is 594 cm³/mol. The molecular formula is C139H91N. The highest BCUT2D eigenvalue weighted by Gasteiger charge is 2.36. The van der Waals surface area contributed by atoms with Crippen LogP contribution >= 0.6 is 0 Å². The van der Waals surface area contributed by atoms with Gasteiger partial charge in [0.1, 0.15) is 0 Å². The molecule has 24 aromatic carbocycles. The molecule has 1 heteroatoms. The molecule has 1 nitrogen and oxygen atoms in total. The van der Waals surface area contributed by atoms with E-state index < -0.39 is 0 Å². The zero-order valence-electron chi connectivity index (χ0n) is 77.5. The summed E-state index contributed by atoms with van der Waals surface area (Å²) in [4.78, 5) is 0. The quantitative estimate of drug-likeness (QED) is 0.129. The second-order valence-electron chi connectivity index (χ2n) is 38.2. The van der Waals surface area contributed by atoms with Crippen LogP contribution in [0.2, 0.25) is 0 Å². The van der Waals surface area contributed by atoms with Gasteiger partial charge in [0.25, 0.3) is 0 Å². The minimum atomic E-state index is 0.0179. The Kier molecular flexibility index (Phi) is 19.4. The fourth-order valence-electron chi connectivity index (χ4n) is 23.8. The van der Waals surface area contributed by atoms with Crippen LogP contribution in [0.25, 0.3) is 271 Å². The molecule has 0 saturated carbocycles. The van der Waals surface area contributed by atoms with Crippen LogP contribution in [0, 0.1) is 0 Å². The average molecular weight is 1780 g/mol. The molecule has 0 aliphatic heterocycles. The van der Waals surface area contributed by atoms with E-state index in [0.29, 0.717) is 0 Å². The van der Waals surface area contributed by atoms with E-state index in [1.165, 1.54) is 282 Å². The summed E-state index contributed by atoms with van der Waals surface area (Å²) in [5.41, 5.74) is 53.4. The van der Waals surface area contributed by atoms with Crippen molar-refractivity contribution in [3.05, 3.63) is 527 Å². The van der Waals surface area contributed by atoms with Crippen LogP contribution in [0.5, 0.6) is 0 Å². The molecule has 0 amide bonds. The van der Waals surface area contributed by atoms with Crippen molar-refractivity contribution in [3.63, 3.8) is 0 Å². The summed E-state index contributed by atoms with van der Waals surface area (Å²) in [6, 6.07) is 188. The Morgan fingerprint density at radius 3 is 0.886 bits per heavy atom. The molecule has 0 unspecified atom stereocenters. The van der Waals surface area contributed by atoms with E-state index in [-0.39, 0.29) is 5.41 Å². The van der Waals surface area contributed by atoms with Gasteiger partial charge in [-0.1, -0.05) is 475 Å². The summed E-state index contributed by atoms with van der Waals surface area (Å²) in [5.74, 6) is 0. The molecule has 5 aliphatic rings. The van der Waals surface area contributed by atoms with E-state index >= 15 is 0 Å². The maximum atomic E-state index is 2.40. The first-order valence-electron chi connectivity index (χ1n) is 48.8. The normalized spacial score (nSPS) is 12.3. The second-order valence-corrected chi connectivity index (χ2v) is 38.2. The molecule has 140 heavy (non-hydrogen) atoms. The second kappa shape index (κ2) is 33.3. The van der Waals surface area contributed by atoms with Crippen LogP contribution in [0.15, 0.2) is 516 Å². The molecule has 652 valence electrons. The van der Waals surface area contributed by atoms with Crippen molar-refractivity contribution in [2.75, 3.05) is 0 Å². The van der Waals surface area contributed by atoms with Crippen molar-refractivity contribution in [3.8, 4) is 206 Å². The van der Waals surface area contributed by atoms with Crippen molar-refractivity contribution >= 4 is 64.9 Å². The topological polar surface area (TPSA) is 4.93 Å². The van der Waals surface area contributed by atoms with E-state index in [2.05, 4.69) is 534 Å². The van der Waals surface area contributed by atoms with Crippen molar-refractivity contribution < 1.29 is 0 Å². The van der Waals surface area contributed by atoms with Crippen LogP contribution in [0.3, 0.4) is 0 Å². The number of benzene rings is 24. The number of fused-ring (bicyclic) bond motifs is 18. The summed E-state index contributed by atoms with van der Waals surface area (Å²) in [6.07, 6.45) is 0. The van der Waals surface area contributed by atoms with Gasteiger partial charge in [0.05, 0.1) is 11.0 Å². The Hall–Kier alpha value is -17.9. The van der Waals surface area contributed by atoms with E-state index in [4.69, 9.17) is 0 Å². The van der Waals surface area contributed by atoms with Gasteiger partial charge in [-0.05, 0) is 309 Å². The SMILES string of the molecule is CC1(C)c2ccccc2-c2ccc(-c3ccc(-c4ccc5c6c(cccc46)-c4ccccc4-5)cc3)cc21.c1ccc(-c2ccc3c4c(cccc24)-c2ccccc2-3)cc1.c1ccc(-c2cccc(-c3ccc4c5c(cccc35)-c3ccc(-c5ccccc5-c5ccccc5)cc3-4)c2)cc1.c1ccc(-n2c3ccccc3c3cc(-c4cccc(-c5ccc6c7c(cccc57)-c5ccccc5-6)c4)ccc32)cc1. The Morgan fingerprint density at radius 1 is 0.129 bits per heavy atom. The highest BCUT2D eigenvalue weighted by molar-refractivity contribution is 6.23. The summed E-state index contributed by atoms with van der Waals surface area (Å²) < 4.78 is 2.37. The van der Waals surface area contributed by atoms with Crippen molar-refractivity contribution in [2.24, 2.45) is 0 Å². The van der Waals surface area contributed by atoms with Crippen LogP contribution < -0.4 is 0 Å². The molecule has 0 atom stereocenters. The summed E-state index contributed by atoms with van der Waals surface area (Å²) in [7, 11) is 0. The van der Waals surface area contributed by atoms with Crippen LogP contribution in [0.4, 0.5) is 0 Å². The zero-order valence-corrected chi connectivity index (χ0v) is 77.5. The molecule has 1 heterocycles. The van der Waals surface area contributed by atoms with Crippen LogP contribution in [0.1, 0.15) is 25.0 Å². The van der Waals surface area contributed by atoms with E-state index in [9.17, 15) is 0 Å². The molecule has 30 rings (SSSR count). The molecule has 0 saturated heterocycles. The molecule has 5 aliphatic carbocycles. The van der Waals surface area contributed by atoms with Gasteiger partial charge in [0.2, 0.25) is 0 Å². The third kappa shape index (κ3) is 13.4. The van der Waals surface area contributed by atoms with Gasteiger partial charge in [0.15, 0.2) is 0 Å². The Balaban J connectivity index is 0.0000000956. The Bertz CT molecular complexity index is 9270. The standard InChI is InChI=1S/C40H25N.C40H26.C37H26.C22H14/c1-2-12-29(13-3-1)41-38-19-7-6-16-33(38)37-25-27(20-23-39(37)41)26-10-8-11-28(24-26)30-21-22-36-32-15-5-4-14-31(32)35-18-9-17-34(30)40(35)36;1-3-11-27(12-4-1)29-15-9-16-30(25-29)34-23-24-38-39-26-31(21-22-35(39)37-20-10-19-36(34)40(37)38)33-18-8-7-17-32(33)28-13-5-2-6-14-28;1-37(2)34-13-6-5-10-29(34)30-19-18-25(22-35(30)37)23-14-16-24(17-15-23)26-20-21-33-28-9-4-3-8-27(28)32-12-7-11-31(26)36(32)33;1-2-7-15(8-3-1)16-13-14-21-18-10-5-4-9-17(18)20-12-6-11-19(16)22(20)21/h1-25H;1-26H;3-22H,1-2H3;1-14H. The lowest BCUT2D eigenvalue weighted by molar-refractivity contribution is 0.660. The minimum absolute atomic E-state index is 0.0179. The lowest BCUT2D eigenvalue weighted by atomic mass is 9.81. The van der Waals surface area contributed by atoms with E-state index in [1.54, 1.807) is 0 Å².